The van der Waals surface area contributed by atoms with E-state index in [1.807, 2.05) is 31.2 Å². The number of amides is 1. The Kier molecular flexibility index (Phi) is 4.70. The molecule has 1 amide bonds. The SMILES string of the molecule is COc1ccccc1NC(=O)CN1C2CC1CN(c1ncnc(C)c1C)C2. The quantitative estimate of drug-likeness (QED) is 0.872. The van der Waals surface area contributed by atoms with Gasteiger partial charge in [-0.2, -0.15) is 0 Å². The normalized spacial score (nSPS) is 21.5. The van der Waals surface area contributed by atoms with E-state index in [-0.39, 0.29) is 5.91 Å². The van der Waals surface area contributed by atoms with Gasteiger partial charge in [-0.3, -0.25) is 9.69 Å². The first-order valence-electron chi connectivity index (χ1n) is 9.28. The summed E-state index contributed by atoms with van der Waals surface area (Å²) in [7, 11) is 1.61. The fourth-order valence-corrected chi connectivity index (χ4v) is 4.07. The second-order valence-corrected chi connectivity index (χ2v) is 7.28. The number of piperazine rings is 1. The molecule has 0 aliphatic carbocycles. The molecule has 3 aliphatic rings. The molecule has 2 atom stereocenters. The molecule has 0 spiro atoms. The van der Waals surface area contributed by atoms with Crippen molar-refractivity contribution in [2.75, 3.05) is 37.0 Å². The van der Waals surface area contributed by atoms with Gasteiger partial charge in [0.05, 0.1) is 19.3 Å². The van der Waals surface area contributed by atoms with Crippen LogP contribution in [0.5, 0.6) is 5.75 Å². The Morgan fingerprint density at radius 3 is 2.70 bits per heavy atom. The molecule has 5 rings (SSSR count). The van der Waals surface area contributed by atoms with Gasteiger partial charge in [0.2, 0.25) is 5.91 Å². The summed E-state index contributed by atoms with van der Waals surface area (Å²) in [6.07, 6.45) is 2.78. The number of carbonyl (C=O) groups excluding carboxylic acids is 1. The van der Waals surface area contributed by atoms with E-state index in [2.05, 4.69) is 32.0 Å². The van der Waals surface area contributed by atoms with Crippen molar-refractivity contribution in [3.63, 3.8) is 0 Å². The van der Waals surface area contributed by atoms with Crippen LogP contribution in [-0.2, 0) is 4.79 Å². The minimum atomic E-state index is -0.00305. The summed E-state index contributed by atoms with van der Waals surface area (Å²) >= 11 is 0. The first-order chi connectivity index (χ1) is 13.1. The zero-order valence-corrected chi connectivity index (χ0v) is 16.0. The third-order valence-electron chi connectivity index (χ3n) is 5.66. The molecule has 142 valence electrons. The molecule has 3 aliphatic heterocycles. The predicted octanol–water partition coefficient (Wildman–Crippen LogP) is 2.00. The molecule has 3 saturated heterocycles. The number of fused-ring (bicyclic) bond motifs is 2. The highest BCUT2D eigenvalue weighted by Crippen LogP contribution is 2.35. The molecule has 0 saturated carbocycles. The van der Waals surface area contributed by atoms with Crippen LogP contribution in [0.4, 0.5) is 11.5 Å². The maximum atomic E-state index is 12.5. The van der Waals surface area contributed by atoms with Gasteiger partial charge in [0.25, 0.3) is 0 Å². The van der Waals surface area contributed by atoms with Gasteiger partial charge in [-0.25, -0.2) is 9.97 Å². The van der Waals surface area contributed by atoms with E-state index >= 15 is 0 Å². The first-order valence-corrected chi connectivity index (χ1v) is 9.28. The van der Waals surface area contributed by atoms with Crippen molar-refractivity contribution >= 4 is 17.4 Å². The van der Waals surface area contributed by atoms with Crippen molar-refractivity contribution in [2.45, 2.75) is 32.4 Å². The average molecular weight is 367 g/mol. The summed E-state index contributed by atoms with van der Waals surface area (Å²) in [6, 6.07) is 8.26. The van der Waals surface area contributed by atoms with Crippen molar-refractivity contribution in [3.05, 3.63) is 41.9 Å². The number of hydrogen-bond acceptors (Lipinski definition) is 6. The highest BCUT2D eigenvalue weighted by molar-refractivity contribution is 5.93. The van der Waals surface area contributed by atoms with Gasteiger partial charge in [0.15, 0.2) is 0 Å². The van der Waals surface area contributed by atoms with Crippen molar-refractivity contribution in [3.8, 4) is 5.75 Å². The largest absolute Gasteiger partial charge is 0.495 e. The van der Waals surface area contributed by atoms with Crippen LogP contribution in [0.3, 0.4) is 0 Å². The summed E-state index contributed by atoms with van der Waals surface area (Å²) in [5, 5.41) is 2.97. The number of para-hydroxylation sites is 2. The molecule has 7 nitrogen and oxygen atoms in total. The van der Waals surface area contributed by atoms with Crippen LogP contribution < -0.4 is 15.0 Å². The van der Waals surface area contributed by atoms with Crippen molar-refractivity contribution in [1.82, 2.24) is 14.9 Å². The molecule has 1 N–H and O–H groups in total. The number of nitrogens with zero attached hydrogens (tertiary/aromatic N) is 4. The number of anilines is 2. The number of carbonyl (C=O) groups is 1. The van der Waals surface area contributed by atoms with Crippen LogP contribution in [0.1, 0.15) is 17.7 Å². The van der Waals surface area contributed by atoms with Gasteiger partial charge in [0, 0.05) is 36.4 Å². The lowest BCUT2D eigenvalue weighted by molar-refractivity contribution is -0.121. The van der Waals surface area contributed by atoms with Crippen LogP contribution in [0.2, 0.25) is 0 Å². The van der Waals surface area contributed by atoms with E-state index in [4.69, 9.17) is 4.74 Å². The van der Waals surface area contributed by atoms with Gasteiger partial charge < -0.3 is 15.0 Å². The van der Waals surface area contributed by atoms with Crippen LogP contribution >= 0.6 is 0 Å². The molecule has 2 unspecified atom stereocenters. The van der Waals surface area contributed by atoms with Crippen LogP contribution in [0.25, 0.3) is 0 Å². The van der Waals surface area contributed by atoms with E-state index in [1.54, 1.807) is 13.4 Å². The second-order valence-electron chi connectivity index (χ2n) is 7.28. The fraction of sp³-hybridized carbons (Fsp3) is 0.450. The number of benzene rings is 1. The molecule has 27 heavy (non-hydrogen) atoms. The smallest absolute Gasteiger partial charge is 0.238 e. The third kappa shape index (κ3) is 3.35. The summed E-state index contributed by atoms with van der Waals surface area (Å²) in [4.78, 5) is 25.9. The average Bonchev–Trinajstić information content (AvgIpc) is 2.68. The number of aromatic nitrogens is 2. The maximum Gasteiger partial charge on any atom is 0.238 e. The molecule has 4 heterocycles. The number of methoxy groups -OCH3 is 1. The standard InChI is InChI=1S/C20H25N5O2/c1-13-14(2)21-12-22-20(13)24-9-15-8-16(10-24)25(15)11-19(26)23-17-6-4-5-7-18(17)27-3/h4-7,12,15-16H,8-11H2,1-3H3,(H,23,26). The van der Waals surface area contributed by atoms with Crippen molar-refractivity contribution < 1.29 is 9.53 Å². The van der Waals surface area contributed by atoms with E-state index in [0.29, 0.717) is 30.1 Å². The number of rotatable bonds is 5. The van der Waals surface area contributed by atoms with E-state index in [9.17, 15) is 4.79 Å². The minimum absolute atomic E-state index is 0.00305. The topological polar surface area (TPSA) is 70.6 Å². The molecular formula is C20H25N5O2. The Hall–Kier alpha value is -2.67. The summed E-state index contributed by atoms with van der Waals surface area (Å²) in [6.45, 7) is 6.29. The zero-order chi connectivity index (χ0) is 19.0. The Balaban J connectivity index is 1.38. The van der Waals surface area contributed by atoms with Gasteiger partial charge in [-0.05, 0) is 32.4 Å². The lowest BCUT2D eigenvalue weighted by atomic mass is 9.87. The second kappa shape index (κ2) is 7.15. The van der Waals surface area contributed by atoms with Gasteiger partial charge in [0.1, 0.15) is 17.9 Å². The predicted molar refractivity (Wildman–Crippen MR) is 104 cm³/mol. The fourth-order valence-electron chi connectivity index (χ4n) is 4.07. The monoisotopic (exact) mass is 367 g/mol. The third-order valence-corrected chi connectivity index (χ3v) is 5.66. The Morgan fingerprint density at radius 1 is 1.22 bits per heavy atom. The van der Waals surface area contributed by atoms with Crippen LogP contribution in [0, 0.1) is 13.8 Å². The minimum Gasteiger partial charge on any atom is -0.495 e. The number of ether oxygens (including phenoxy) is 1. The van der Waals surface area contributed by atoms with Crippen LogP contribution in [0.15, 0.2) is 30.6 Å². The maximum absolute atomic E-state index is 12.5. The number of piperidine rings is 1. The van der Waals surface area contributed by atoms with Gasteiger partial charge in [-0.15, -0.1) is 0 Å². The molecule has 1 aromatic heterocycles. The van der Waals surface area contributed by atoms with E-state index in [0.717, 1.165) is 36.6 Å². The molecule has 2 aromatic rings. The lowest BCUT2D eigenvalue weighted by Crippen LogP contribution is -2.70. The van der Waals surface area contributed by atoms with Gasteiger partial charge in [-0.1, -0.05) is 12.1 Å². The highest BCUT2D eigenvalue weighted by atomic mass is 16.5. The summed E-state index contributed by atoms with van der Waals surface area (Å²) in [5.74, 6) is 1.70. The number of hydrogen-bond donors (Lipinski definition) is 1. The molecule has 0 radical (unpaired) electrons. The van der Waals surface area contributed by atoms with Crippen LogP contribution in [-0.4, -0.2) is 59.6 Å². The van der Waals surface area contributed by atoms with Crippen molar-refractivity contribution in [2.24, 2.45) is 0 Å². The van der Waals surface area contributed by atoms with E-state index in [1.165, 1.54) is 0 Å². The Bertz CT molecular complexity index is 844. The first kappa shape index (κ1) is 17.7. The molecular weight excluding hydrogens is 342 g/mol. The number of nitrogens with one attached hydrogen (secondary N) is 1. The Labute approximate surface area is 159 Å². The number of aryl methyl sites for hydroxylation is 1. The van der Waals surface area contributed by atoms with Gasteiger partial charge >= 0.3 is 0 Å². The Morgan fingerprint density at radius 2 is 1.96 bits per heavy atom. The molecule has 1 aromatic carbocycles. The summed E-state index contributed by atoms with van der Waals surface area (Å²) < 4.78 is 5.30. The zero-order valence-electron chi connectivity index (χ0n) is 16.0. The lowest BCUT2D eigenvalue weighted by Gasteiger charge is -2.56. The highest BCUT2D eigenvalue weighted by Gasteiger charge is 2.45. The van der Waals surface area contributed by atoms with E-state index < -0.39 is 0 Å². The molecule has 2 bridgehead atoms. The van der Waals surface area contributed by atoms with Crippen molar-refractivity contribution in [1.29, 1.82) is 0 Å². The summed E-state index contributed by atoms with van der Waals surface area (Å²) in [5.41, 5.74) is 2.87. The molecule has 7 heteroatoms. The molecule has 3 fully saturated rings.